The highest BCUT2D eigenvalue weighted by Crippen LogP contribution is 2.29. The van der Waals surface area contributed by atoms with Gasteiger partial charge in [0.25, 0.3) is 10.0 Å². The third-order valence-corrected chi connectivity index (χ3v) is 5.70. The first-order chi connectivity index (χ1) is 8.79. The maximum Gasteiger partial charge on any atom is 0.273 e. The predicted octanol–water partition coefficient (Wildman–Crippen LogP) is 3.70. The van der Waals surface area contributed by atoms with Gasteiger partial charge in [-0.25, -0.2) is 17.8 Å². The highest BCUT2D eigenvalue weighted by atomic mass is 35.5. The number of nitrogens with one attached hydrogen (secondary N) is 1. The number of thiazole rings is 1. The smallest absolute Gasteiger partial charge is 0.273 e. The van der Waals surface area contributed by atoms with E-state index in [1.54, 1.807) is 0 Å². The SMILES string of the molecule is Cc1nc(Cl)sc1S(=O)(=O)Nc1ccc(Cl)c(F)c1. The molecule has 0 aliphatic rings. The van der Waals surface area contributed by atoms with E-state index in [9.17, 15) is 12.8 Å². The Kier molecular flexibility index (Phi) is 4.00. The first-order valence-corrected chi connectivity index (χ1v) is 7.96. The van der Waals surface area contributed by atoms with Crippen LogP contribution in [0.2, 0.25) is 9.49 Å². The molecular formula is C10H7Cl2FN2O2S2. The Balaban J connectivity index is 2.36. The van der Waals surface area contributed by atoms with Gasteiger partial charge >= 0.3 is 0 Å². The summed E-state index contributed by atoms with van der Waals surface area (Å²) >= 11 is 12.0. The fourth-order valence-corrected chi connectivity index (χ4v) is 4.27. The summed E-state index contributed by atoms with van der Waals surface area (Å²) < 4.78 is 39.8. The van der Waals surface area contributed by atoms with Crippen LogP contribution in [-0.4, -0.2) is 13.4 Å². The Hall–Kier alpha value is -0.890. The summed E-state index contributed by atoms with van der Waals surface area (Å²) in [6.45, 7) is 1.53. The molecule has 0 fully saturated rings. The zero-order valence-electron chi connectivity index (χ0n) is 9.45. The van der Waals surface area contributed by atoms with E-state index in [4.69, 9.17) is 23.2 Å². The maximum absolute atomic E-state index is 13.2. The summed E-state index contributed by atoms with van der Waals surface area (Å²) in [5, 5.41) is -0.0834. The molecule has 19 heavy (non-hydrogen) atoms. The van der Waals surface area contributed by atoms with Gasteiger partial charge in [0.15, 0.2) is 8.68 Å². The molecule has 0 spiro atoms. The van der Waals surface area contributed by atoms with E-state index >= 15 is 0 Å². The van der Waals surface area contributed by atoms with Crippen LogP contribution in [0.25, 0.3) is 0 Å². The summed E-state index contributed by atoms with van der Waals surface area (Å²) in [5.74, 6) is -0.707. The van der Waals surface area contributed by atoms with Crippen molar-refractivity contribution in [3.8, 4) is 0 Å². The number of halogens is 3. The minimum absolute atomic E-state index is 0.00661. The topological polar surface area (TPSA) is 59.1 Å². The number of nitrogens with zero attached hydrogens (tertiary/aromatic N) is 1. The van der Waals surface area contributed by atoms with E-state index in [0.29, 0.717) is 0 Å². The quantitative estimate of drug-likeness (QED) is 0.926. The molecule has 1 heterocycles. The van der Waals surface area contributed by atoms with Crippen molar-refractivity contribution in [2.45, 2.75) is 11.1 Å². The first kappa shape index (κ1) is 14.5. The van der Waals surface area contributed by atoms with Crippen molar-refractivity contribution in [1.82, 2.24) is 4.98 Å². The van der Waals surface area contributed by atoms with Gasteiger partial charge in [-0.15, -0.1) is 0 Å². The maximum atomic E-state index is 13.2. The van der Waals surface area contributed by atoms with Crippen LogP contribution in [0.5, 0.6) is 0 Å². The predicted molar refractivity (Wildman–Crippen MR) is 74.1 cm³/mol. The van der Waals surface area contributed by atoms with Crippen LogP contribution in [0.3, 0.4) is 0 Å². The molecule has 9 heteroatoms. The Morgan fingerprint density at radius 2 is 2.05 bits per heavy atom. The van der Waals surface area contributed by atoms with E-state index in [1.165, 1.54) is 19.1 Å². The van der Waals surface area contributed by atoms with E-state index in [2.05, 4.69) is 9.71 Å². The van der Waals surface area contributed by atoms with Crippen molar-refractivity contribution in [3.05, 3.63) is 39.2 Å². The third kappa shape index (κ3) is 3.17. The number of anilines is 1. The number of rotatable bonds is 3. The Morgan fingerprint density at radius 3 is 2.58 bits per heavy atom. The third-order valence-electron chi connectivity index (χ3n) is 2.14. The highest BCUT2D eigenvalue weighted by Gasteiger charge is 2.21. The van der Waals surface area contributed by atoms with Crippen molar-refractivity contribution < 1.29 is 12.8 Å². The summed E-state index contributed by atoms with van der Waals surface area (Å²) in [5.41, 5.74) is 0.364. The molecule has 2 aromatic rings. The second-order valence-corrected chi connectivity index (χ2v) is 7.44. The first-order valence-electron chi connectivity index (χ1n) is 4.90. The molecular weight excluding hydrogens is 334 g/mol. The van der Waals surface area contributed by atoms with Crippen molar-refractivity contribution in [2.75, 3.05) is 4.72 Å². The Labute approximate surface area is 123 Å². The summed E-state index contributed by atoms with van der Waals surface area (Å²) in [6.07, 6.45) is 0. The molecule has 0 saturated heterocycles. The molecule has 0 amide bonds. The van der Waals surface area contributed by atoms with Crippen LogP contribution in [0.4, 0.5) is 10.1 Å². The lowest BCUT2D eigenvalue weighted by molar-refractivity contribution is 0.602. The minimum atomic E-state index is -3.84. The largest absolute Gasteiger partial charge is 0.279 e. The lowest BCUT2D eigenvalue weighted by Gasteiger charge is -2.07. The number of aromatic nitrogens is 1. The van der Waals surface area contributed by atoms with Gasteiger partial charge in [-0.3, -0.25) is 4.72 Å². The lowest BCUT2D eigenvalue weighted by Crippen LogP contribution is -2.12. The average Bonchev–Trinajstić information content (AvgIpc) is 2.63. The number of hydrogen-bond acceptors (Lipinski definition) is 4. The van der Waals surface area contributed by atoms with Gasteiger partial charge in [0, 0.05) is 0 Å². The van der Waals surface area contributed by atoms with Gasteiger partial charge < -0.3 is 0 Å². The highest BCUT2D eigenvalue weighted by molar-refractivity contribution is 7.94. The molecule has 1 aromatic carbocycles. The van der Waals surface area contributed by atoms with Crippen LogP contribution in [0.15, 0.2) is 22.4 Å². The second kappa shape index (κ2) is 5.24. The van der Waals surface area contributed by atoms with Crippen LogP contribution < -0.4 is 4.72 Å². The van der Waals surface area contributed by atoms with E-state index in [0.717, 1.165) is 17.4 Å². The monoisotopic (exact) mass is 340 g/mol. The Bertz CT molecular complexity index is 731. The molecule has 0 radical (unpaired) electrons. The van der Waals surface area contributed by atoms with E-state index < -0.39 is 15.8 Å². The van der Waals surface area contributed by atoms with Crippen molar-refractivity contribution in [2.24, 2.45) is 0 Å². The van der Waals surface area contributed by atoms with E-state index in [-0.39, 0.29) is 25.1 Å². The fraction of sp³-hybridized carbons (Fsp3) is 0.100. The van der Waals surface area contributed by atoms with Crippen molar-refractivity contribution in [1.29, 1.82) is 0 Å². The van der Waals surface area contributed by atoms with Gasteiger partial charge in [-0.1, -0.05) is 34.5 Å². The number of benzene rings is 1. The molecule has 0 aliphatic heterocycles. The van der Waals surface area contributed by atoms with Crippen molar-refractivity contribution >= 4 is 50.2 Å². The van der Waals surface area contributed by atoms with Crippen LogP contribution in [0, 0.1) is 12.7 Å². The van der Waals surface area contributed by atoms with Crippen LogP contribution in [-0.2, 0) is 10.0 Å². The molecule has 102 valence electrons. The molecule has 0 atom stereocenters. The molecule has 0 bridgehead atoms. The number of aryl methyl sites for hydroxylation is 1. The van der Waals surface area contributed by atoms with Crippen molar-refractivity contribution in [3.63, 3.8) is 0 Å². The van der Waals surface area contributed by atoms with E-state index in [1.807, 2.05) is 0 Å². The normalized spacial score (nSPS) is 11.6. The summed E-state index contributed by atoms with van der Waals surface area (Å²) in [4.78, 5) is 3.82. The molecule has 0 unspecified atom stereocenters. The molecule has 0 aliphatic carbocycles. The van der Waals surface area contributed by atoms with Gasteiger partial charge in [0.05, 0.1) is 16.4 Å². The van der Waals surface area contributed by atoms with Crippen LogP contribution in [0.1, 0.15) is 5.69 Å². The summed E-state index contributed by atoms with van der Waals surface area (Å²) in [6, 6.07) is 3.63. The van der Waals surface area contributed by atoms with Gasteiger partial charge in [-0.05, 0) is 25.1 Å². The standard InChI is InChI=1S/C10H7Cl2FN2O2S2/c1-5-9(18-10(12)14-5)19(16,17)15-6-2-3-7(11)8(13)4-6/h2-4,15H,1H3. The second-order valence-electron chi connectivity index (χ2n) is 3.57. The molecule has 1 aromatic heterocycles. The Morgan fingerprint density at radius 1 is 1.37 bits per heavy atom. The zero-order valence-corrected chi connectivity index (χ0v) is 12.6. The van der Waals surface area contributed by atoms with Crippen LogP contribution >= 0.6 is 34.5 Å². The lowest BCUT2D eigenvalue weighted by atomic mass is 10.3. The van der Waals surface area contributed by atoms with Gasteiger partial charge in [-0.2, -0.15) is 0 Å². The average molecular weight is 341 g/mol. The van der Waals surface area contributed by atoms with Gasteiger partial charge in [0.2, 0.25) is 0 Å². The molecule has 4 nitrogen and oxygen atoms in total. The zero-order chi connectivity index (χ0) is 14.2. The fourth-order valence-electron chi connectivity index (χ4n) is 1.36. The number of sulfonamides is 1. The summed E-state index contributed by atoms with van der Waals surface area (Å²) in [7, 11) is -3.84. The molecule has 0 saturated carbocycles. The van der Waals surface area contributed by atoms with Gasteiger partial charge in [0.1, 0.15) is 5.82 Å². The number of hydrogen-bond donors (Lipinski definition) is 1. The molecule has 1 N–H and O–H groups in total. The minimum Gasteiger partial charge on any atom is -0.279 e. The molecule has 2 rings (SSSR count).